The molecule has 3 atom stereocenters. The van der Waals surface area contributed by atoms with Crippen LogP contribution in [0.15, 0.2) is 23.3 Å². The van der Waals surface area contributed by atoms with Gasteiger partial charge in [0.05, 0.1) is 0 Å². The van der Waals surface area contributed by atoms with Crippen molar-refractivity contribution in [2.45, 2.75) is 46.5 Å². The Morgan fingerprint density at radius 1 is 1.14 bits per heavy atom. The van der Waals surface area contributed by atoms with Crippen molar-refractivity contribution in [3.8, 4) is 0 Å². The molecule has 0 spiro atoms. The van der Waals surface area contributed by atoms with Gasteiger partial charge in [-0.15, -0.1) is 0 Å². The molecule has 1 fully saturated rings. The van der Waals surface area contributed by atoms with Gasteiger partial charge in [-0.25, -0.2) is 0 Å². The van der Waals surface area contributed by atoms with E-state index in [0.29, 0.717) is 0 Å². The molecular weight excluding hydrogens is 168 g/mol. The van der Waals surface area contributed by atoms with Crippen LogP contribution in [-0.4, -0.2) is 0 Å². The van der Waals surface area contributed by atoms with Crippen molar-refractivity contribution in [3.05, 3.63) is 23.3 Å². The van der Waals surface area contributed by atoms with Gasteiger partial charge < -0.3 is 0 Å². The number of allylic oxidation sites excluding steroid dienone is 4. The molecule has 0 saturated heterocycles. The third-order valence-electron chi connectivity index (χ3n) is 4.10. The molecule has 2 aliphatic carbocycles. The van der Waals surface area contributed by atoms with Crippen molar-refractivity contribution in [2.75, 3.05) is 0 Å². The molecule has 0 aliphatic heterocycles. The van der Waals surface area contributed by atoms with Crippen LogP contribution < -0.4 is 0 Å². The van der Waals surface area contributed by atoms with E-state index in [4.69, 9.17) is 0 Å². The average molecular weight is 190 g/mol. The van der Waals surface area contributed by atoms with E-state index in [-0.39, 0.29) is 0 Å². The summed E-state index contributed by atoms with van der Waals surface area (Å²) >= 11 is 0. The maximum absolute atomic E-state index is 2.55. The van der Waals surface area contributed by atoms with Crippen molar-refractivity contribution in [1.82, 2.24) is 0 Å². The maximum atomic E-state index is 2.55. The summed E-state index contributed by atoms with van der Waals surface area (Å²) in [6.45, 7) is 6.84. The molecule has 0 bridgehead atoms. The second-order valence-electron chi connectivity index (χ2n) is 5.07. The Morgan fingerprint density at radius 3 is 2.57 bits per heavy atom. The maximum Gasteiger partial charge on any atom is -0.0136 e. The number of rotatable bonds is 2. The standard InChI is InChI=1S/C14H22/c1-4-5-12-6-7-13-8-10(2)11(3)9-14(12)13/h8-9,12-14H,4-7H2,1-3H3. The lowest BCUT2D eigenvalue weighted by Crippen LogP contribution is -2.15. The van der Waals surface area contributed by atoms with Gasteiger partial charge in [-0.3, -0.25) is 0 Å². The average Bonchev–Trinajstić information content (AvgIpc) is 2.51. The monoisotopic (exact) mass is 190 g/mol. The van der Waals surface area contributed by atoms with E-state index in [1.54, 1.807) is 0 Å². The van der Waals surface area contributed by atoms with Crippen molar-refractivity contribution in [3.63, 3.8) is 0 Å². The molecule has 0 amide bonds. The summed E-state index contributed by atoms with van der Waals surface area (Å²) in [5.41, 5.74) is 3.04. The summed E-state index contributed by atoms with van der Waals surface area (Å²) in [7, 11) is 0. The zero-order valence-corrected chi connectivity index (χ0v) is 9.72. The SMILES string of the molecule is CCCC1CCC2C=C(C)C(C)=CC21. The minimum Gasteiger partial charge on any atom is -0.0776 e. The fourth-order valence-corrected chi connectivity index (χ4v) is 3.18. The van der Waals surface area contributed by atoms with Gasteiger partial charge in [0.15, 0.2) is 0 Å². The Morgan fingerprint density at radius 2 is 1.86 bits per heavy atom. The lowest BCUT2D eigenvalue weighted by Gasteiger charge is -2.25. The zero-order chi connectivity index (χ0) is 10.1. The topological polar surface area (TPSA) is 0 Å². The summed E-state index contributed by atoms with van der Waals surface area (Å²) in [5.74, 6) is 2.72. The summed E-state index contributed by atoms with van der Waals surface area (Å²) in [6.07, 6.45) is 10.7. The molecule has 2 rings (SSSR count). The number of fused-ring (bicyclic) bond motifs is 1. The van der Waals surface area contributed by atoms with Crippen LogP contribution in [0.4, 0.5) is 0 Å². The Labute approximate surface area is 88.1 Å². The van der Waals surface area contributed by atoms with Crippen LogP contribution in [0.25, 0.3) is 0 Å². The second-order valence-corrected chi connectivity index (χ2v) is 5.07. The Bertz CT molecular complexity index is 270. The highest BCUT2D eigenvalue weighted by atomic mass is 14.4. The molecule has 0 aromatic rings. The van der Waals surface area contributed by atoms with Gasteiger partial charge in [0, 0.05) is 0 Å². The Hall–Kier alpha value is -0.520. The van der Waals surface area contributed by atoms with Gasteiger partial charge in [-0.1, -0.05) is 43.1 Å². The van der Waals surface area contributed by atoms with E-state index in [0.717, 1.165) is 17.8 Å². The lowest BCUT2D eigenvalue weighted by atomic mass is 9.80. The minimum absolute atomic E-state index is 0.871. The first kappa shape index (κ1) is 10.0. The molecule has 3 unspecified atom stereocenters. The fraction of sp³-hybridized carbons (Fsp3) is 0.714. The van der Waals surface area contributed by atoms with Gasteiger partial charge in [0.25, 0.3) is 0 Å². The molecule has 0 heterocycles. The summed E-state index contributed by atoms with van der Waals surface area (Å²) < 4.78 is 0. The first-order chi connectivity index (χ1) is 6.72. The van der Waals surface area contributed by atoms with Gasteiger partial charge in [-0.05, 0) is 44.4 Å². The zero-order valence-electron chi connectivity index (χ0n) is 9.72. The normalized spacial score (nSPS) is 36.4. The minimum atomic E-state index is 0.871. The van der Waals surface area contributed by atoms with E-state index in [1.165, 1.54) is 36.8 Å². The molecule has 0 aromatic carbocycles. The molecular formula is C14H22. The van der Waals surface area contributed by atoms with Crippen LogP contribution in [0, 0.1) is 17.8 Å². The van der Waals surface area contributed by atoms with Crippen LogP contribution in [-0.2, 0) is 0 Å². The van der Waals surface area contributed by atoms with Crippen molar-refractivity contribution >= 4 is 0 Å². The van der Waals surface area contributed by atoms with E-state index >= 15 is 0 Å². The molecule has 78 valence electrons. The van der Waals surface area contributed by atoms with Gasteiger partial charge in [0.2, 0.25) is 0 Å². The molecule has 2 aliphatic rings. The highest BCUT2D eigenvalue weighted by molar-refractivity contribution is 5.33. The van der Waals surface area contributed by atoms with Crippen LogP contribution >= 0.6 is 0 Å². The first-order valence-electron chi connectivity index (χ1n) is 6.09. The Kier molecular flexibility index (Phi) is 2.80. The van der Waals surface area contributed by atoms with Crippen molar-refractivity contribution in [2.24, 2.45) is 17.8 Å². The third kappa shape index (κ3) is 1.67. The summed E-state index contributed by atoms with van der Waals surface area (Å²) in [6, 6.07) is 0. The lowest BCUT2D eigenvalue weighted by molar-refractivity contribution is 0.387. The molecule has 1 saturated carbocycles. The first-order valence-corrected chi connectivity index (χ1v) is 6.09. The summed E-state index contributed by atoms with van der Waals surface area (Å²) in [4.78, 5) is 0. The van der Waals surface area contributed by atoms with Crippen LogP contribution in [0.5, 0.6) is 0 Å². The second kappa shape index (κ2) is 3.92. The van der Waals surface area contributed by atoms with E-state index < -0.39 is 0 Å². The Balaban J connectivity index is 2.14. The van der Waals surface area contributed by atoms with E-state index in [1.807, 2.05) is 0 Å². The van der Waals surface area contributed by atoms with E-state index in [9.17, 15) is 0 Å². The molecule has 0 radical (unpaired) electrons. The fourth-order valence-electron chi connectivity index (χ4n) is 3.18. The number of hydrogen-bond donors (Lipinski definition) is 0. The highest BCUT2D eigenvalue weighted by Crippen LogP contribution is 2.45. The smallest absolute Gasteiger partial charge is 0.0136 e. The molecule has 0 N–H and O–H groups in total. The van der Waals surface area contributed by atoms with Crippen molar-refractivity contribution < 1.29 is 0 Å². The third-order valence-corrected chi connectivity index (χ3v) is 4.10. The molecule has 14 heavy (non-hydrogen) atoms. The highest BCUT2D eigenvalue weighted by Gasteiger charge is 2.34. The van der Waals surface area contributed by atoms with Gasteiger partial charge in [-0.2, -0.15) is 0 Å². The quantitative estimate of drug-likeness (QED) is 0.608. The van der Waals surface area contributed by atoms with Crippen LogP contribution in [0.2, 0.25) is 0 Å². The molecule has 0 heteroatoms. The van der Waals surface area contributed by atoms with E-state index in [2.05, 4.69) is 32.9 Å². The van der Waals surface area contributed by atoms with Crippen LogP contribution in [0.1, 0.15) is 46.5 Å². The predicted molar refractivity (Wildman–Crippen MR) is 62.1 cm³/mol. The predicted octanol–water partition coefficient (Wildman–Crippen LogP) is 4.34. The van der Waals surface area contributed by atoms with Crippen molar-refractivity contribution in [1.29, 1.82) is 0 Å². The largest absolute Gasteiger partial charge is 0.0776 e. The van der Waals surface area contributed by atoms with Crippen LogP contribution in [0.3, 0.4) is 0 Å². The van der Waals surface area contributed by atoms with Gasteiger partial charge >= 0.3 is 0 Å². The molecule has 0 aromatic heterocycles. The number of hydrogen-bond acceptors (Lipinski definition) is 0. The molecule has 0 nitrogen and oxygen atoms in total. The van der Waals surface area contributed by atoms with Gasteiger partial charge in [0.1, 0.15) is 0 Å². The summed E-state index contributed by atoms with van der Waals surface area (Å²) in [5, 5.41) is 0.